The van der Waals surface area contributed by atoms with Crippen LogP contribution in [0.3, 0.4) is 0 Å². The normalized spacial score (nSPS) is 28.2. The fraction of sp³-hybridized carbons (Fsp3) is 0.500. The van der Waals surface area contributed by atoms with Crippen molar-refractivity contribution in [1.29, 1.82) is 0 Å². The molecule has 0 saturated carbocycles. The number of benzene rings is 1. The van der Waals surface area contributed by atoms with Crippen molar-refractivity contribution in [2.45, 2.75) is 45.3 Å². The number of carbonyl (C=O) groups is 2. The Labute approximate surface area is 179 Å². The molecule has 7 nitrogen and oxygen atoms in total. The van der Waals surface area contributed by atoms with E-state index in [0.717, 1.165) is 5.69 Å². The fourth-order valence-electron chi connectivity index (χ4n) is 3.97. The van der Waals surface area contributed by atoms with Gasteiger partial charge in [-0.3, -0.25) is 9.59 Å². The number of anilines is 2. The van der Waals surface area contributed by atoms with Crippen LogP contribution in [0.2, 0.25) is 0 Å². The van der Waals surface area contributed by atoms with E-state index >= 15 is 0 Å². The number of para-hydroxylation sites is 1. The largest absolute Gasteiger partial charge is 0.459 e. The quantitative estimate of drug-likeness (QED) is 0.524. The summed E-state index contributed by atoms with van der Waals surface area (Å²) in [6.45, 7) is 6.78. The molecule has 4 rings (SSSR count). The maximum atomic E-state index is 12.8. The van der Waals surface area contributed by atoms with Gasteiger partial charge in [-0.1, -0.05) is 32.0 Å². The molecule has 2 aliphatic rings. The van der Waals surface area contributed by atoms with Crippen LogP contribution in [-0.2, 0) is 29.4 Å². The molecule has 0 amide bonds. The Morgan fingerprint density at radius 1 is 1.27 bits per heavy atom. The van der Waals surface area contributed by atoms with Crippen molar-refractivity contribution >= 4 is 34.1 Å². The highest BCUT2D eigenvalue weighted by molar-refractivity contribution is 7.13. The van der Waals surface area contributed by atoms with E-state index in [4.69, 9.17) is 14.2 Å². The molecule has 8 heteroatoms. The van der Waals surface area contributed by atoms with E-state index in [0.29, 0.717) is 23.4 Å². The van der Waals surface area contributed by atoms with Crippen LogP contribution in [0.15, 0.2) is 35.7 Å². The molecule has 3 heterocycles. The van der Waals surface area contributed by atoms with E-state index in [1.807, 2.05) is 35.7 Å². The number of aromatic nitrogens is 1. The van der Waals surface area contributed by atoms with Gasteiger partial charge >= 0.3 is 11.9 Å². The third-order valence-electron chi connectivity index (χ3n) is 5.41. The molecule has 3 atom stereocenters. The Morgan fingerprint density at radius 2 is 2.03 bits per heavy atom. The summed E-state index contributed by atoms with van der Waals surface area (Å²) in [4.78, 5) is 30.1. The molecule has 160 valence electrons. The van der Waals surface area contributed by atoms with Crippen molar-refractivity contribution in [3.8, 4) is 0 Å². The molecule has 0 bridgehead atoms. The van der Waals surface area contributed by atoms with Gasteiger partial charge in [0.2, 0.25) is 0 Å². The van der Waals surface area contributed by atoms with Crippen LogP contribution in [0, 0.1) is 11.3 Å². The molecule has 2 aliphatic heterocycles. The van der Waals surface area contributed by atoms with Crippen molar-refractivity contribution < 1.29 is 23.8 Å². The molecular weight excluding hydrogens is 404 g/mol. The summed E-state index contributed by atoms with van der Waals surface area (Å²) >= 11 is 1.43. The van der Waals surface area contributed by atoms with Gasteiger partial charge in [0.15, 0.2) is 16.1 Å². The molecule has 1 spiro atoms. The van der Waals surface area contributed by atoms with E-state index < -0.39 is 29.1 Å². The number of hydrogen-bond donors (Lipinski definition) is 1. The van der Waals surface area contributed by atoms with Crippen molar-refractivity contribution in [1.82, 2.24) is 4.98 Å². The van der Waals surface area contributed by atoms with Crippen molar-refractivity contribution in [2.24, 2.45) is 11.3 Å². The van der Waals surface area contributed by atoms with Crippen LogP contribution in [0.25, 0.3) is 0 Å². The first-order valence-electron chi connectivity index (χ1n) is 10.1. The highest BCUT2D eigenvalue weighted by Crippen LogP contribution is 2.52. The summed E-state index contributed by atoms with van der Waals surface area (Å²) < 4.78 is 16.8. The average molecular weight is 431 g/mol. The number of nitrogens with zero attached hydrogens (tertiary/aromatic N) is 1. The smallest absolute Gasteiger partial charge is 0.324 e. The number of esters is 2. The first kappa shape index (κ1) is 20.8. The lowest BCUT2D eigenvalue weighted by Crippen LogP contribution is -2.32. The average Bonchev–Trinajstić information content (AvgIpc) is 3.35. The van der Waals surface area contributed by atoms with Crippen LogP contribution >= 0.6 is 11.3 Å². The fourth-order valence-corrected chi connectivity index (χ4v) is 4.82. The lowest BCUT2D eigenvalue weighted by atomic mass is 9.78. The highest BCUT2D eigenvalue weighted by atomic mass is 32.1. The van der Waals surface area contributed by atoms with E-state index in [9.17, 15) is 9.59 Å². The lowest BCUT2D eigenvalue weighted by Gasteiger charge is -2.20. The lowest BCUT2D eigenvalue weighted by molar-refractivity contribution is -0.160. The molecule has 2 saturated heterocycles. The molecule has 1 aromatic carbocycles. The predicted octanol–water partition coefficient (Wildman–Crippen LogP) is 4.02. The summed E-state index contributed by atoms with van der Waals surface area (Å²) in [5.41, 5.74) is -0.704. The van der Waals surface area contributed by atoms with Crippen molar-refractivity contribution in [2.75, 3.05) is 18.5 Å². The Morgan fingerprint density at radius 3 is 2.77 bits per heavy atom. The number of thiazole rings is 1. The second-order valence-electron chi connectivity index (χ2n) is 8.57. The summed E-state index contributed by atoms with van der Waals surface area (Å²) in [6, 6.07) is 9.72. The van der Waals surface area contributed by atoms with Gasteiger partial charge in [0, 0.05) is 30.5 Å². The van der Waals surface area contributed by atoms with Gasteiger partial charge in [-0.15, -0.1) is 11.3 Å². The third-order valence-corrected chi connectivity index (χ3v) is 6.17. The second-order valence-corrected chi connectivity index (χ2v) is 9.43. The third kappa shape index (κ3) is 3.94. The van der Waals surface area contributed by atoms with E-state index in [1.165, 1.54) is 11.3 Å². The second kappa shape index (κ2) is 8.00. The molecule has 1 aromatic heterocycles. The zero-order valence-corrected chi connectivity index (χ0v) is 18.2. The van der Waals surface area contributed by atoms with Gasteiger partial charge in [-0.25, -0.2) is 4.98 Å². The van der Waals surface area contributed by atoms with Gasteiger partial charge in [0.25, 0.3) is 0 Å². The predicted molar refractivity (Wildman–Crippen MR) is 112 cm³/mol. The summed E-state index contributed by atoms with van der Waals surface area (Å²) in [7, 11) is 0. The maximum Gasteiger partial charge on any atom is 0.324 e. The molecule has 0 unspecified atom stereocenters. The van der Waals surface area contributed by atoms with E-state index in [1.54, 1.807) is 6.92 Å². The maximum absolute atomic E-state index is 12.8. The number of carbonyl (C=O) groups excluding carboxylic acids is 2. The standard InChI is InChI=1S/C22H26N2O5S/c1-14(2)10-27-11-16-9-22(18(25)28-16)13-21(3,29-19(22)26)17-12-30-20(24-17)23-15-7-5-4-6-8-15/h4-8,12,14,16H,9-11,13H2,1-3H3,(H,23,24)/t16-,21+,22+/m0/s1. The van der Waals surface area contributed by atoms with Crippen molar-refractivity contribution in [3.05, 3.63) is 41.4 Å². The van der Waals surface area contributed by atoms with Gasteiger partial charge in [0.1, 0.15) is 6.10 Å². The highest BCUT2D eigenvalue weighted by Gasteiger charge is 2.65. The first-order chi connectivity index (χ1) is 14.3. The van der Waals surface area contributed by atoms with Crippen LogP contribution in [0.4, 0.5) is 10.8 Å². The molecular formula is C22H26N2O5S. The molecule has 30 heavy (non-hydrogen) atoms. The van der Waals surface area contributed by atoms with Gasteiger partial charge in [0.05, 0.1) is 12.3 Å². The Hall–Kier alpha value is -2.45. The number of rotatable bonds is 7. The number of cyclic esters (lactones) is 2. The van der Waals surface area contributed by atoms with Crippen LogP contribution < -0.4 is 5.32 Å². The topological polar surface area (TPSA) is 86.8 Å². The molecule has 0 aliphatic carbocycles. The van der Waals surface area contributed by atoms with Crippen molar-refractivity contribution in [3.63, 3.8) is 0 Å². The van der Waals surface area contributed by atoms with Crippen LogP contribution in [-0.4, -0.2) is 36.2 Å². The van der Waals surface area contributed by atoms with Gasteiger partial charge in [-0.05, 0) is 25.0 Å². The van der Waals surface area contributed by atoms with E-state index in [-0.39, 0.29) is 19.4 Å². The Bertz CT molecular complexity index is 931. The zero-order chi connectivity index (χ0) is 21.4. The van der Waals surface area contributed by atoms with E-state index in [2.05, 4.69) is 24.1 Å². The number of nitrogens with one attached hydrogen (secondary N) is 1. The van der Waals surface area contributed by atoms with Gasteiger partial charge < -0.3 is 19.5 Å². The summed E-state index contributed by atoms with van der Waals surface area (Å²) in [5, 5.41) is 5.80. The Balaban J connectivity index is 1.46. The minimum atomic E-state index is -1.28. The zero-order valence-electron chi connectivity index (χ0n) is 17.3. The number of ether oxygens (including phenoxy) is 3. The Kier molecular flexibility index (Phi) is 5.55. The monoisotopic (exact) mass is 430 g/mol. The summed E-state index contributed by atoms with van der Waals surface area (Å²) in [5.74, 6) is -0.668. The molecule has 2 aromatic rings. The van der Waals surface area contributed by atoms with Crippen LogP contribution in [0.5, 0.6) is 0 Å². The molecule has 1 N–H and O–H groups in total. The summed E-state index contributed by atoms with van der Waals surface area (Å²) in [6.07, 6.45) is 0.0571. The minimum absolute atomic E-state index is 0.215. The van der Waals surface area contributed by atoms with Crippen LogP contribution in [0.1, 0.15) is 39.3 Å². The number of hydrogen-bond acceptors (Lipinski definition) is 8. The SMILES string of the molecule is CC(C)COC[C@@H]1C[C@@]2(C[C@](C)(c3csc(Nc4ccccc4)n3)OC2=O)C(=O)O1. The minimum Gasteiger partial charge on any atom is -0.459 e. The molecule has 0 radical (unpaired) electrons. The van der Waals surface area contributed by atoms with Gasteiger partial charge in [-0.2, -0.15) is 0 Å². The molecule has 2 fully saturated rings. The first-order valence-corrected chi connectivity index (χ1v) is 11.0.